The van der Waals surface area contributed by atoms with Gasteiger partial charge in [0, 0.05) is 7.97 Å². The van der Waals surface area contributed by atoms with Gasteiger partial charge in [-0.25, -0.2) is 4.98 Å². The summed E-state index contributed by atoms with van der Waals surface area (Å²) in [5.41, 5.74) is 3.21. The van der Waals surface area contributed by atoms with Crippen molar-refractivity contribution in [3.05, 3.63) is 75.6 Å². The van der Waals surface area contributed by atoms with E-state index in [-0.39, 0.29) is 13.2 Å². The summed E-state index contributed by atoms with van der Waals surface area (Å²) in [6.45, 7) is 0.360. The number of thiazole rings is 1. The van der Waals surface area contributed by atoms with Crippen LogP contribution in [0, 0.1) is 11.3 Å². The van der Waals surface area contributed by atoms with E-state index in [2.05, 4.69) is 16.4 Å². The van der Waals surface area contributed by atoms with Crippen molar-refractivity contribution in [3.8, 4) is 17.7 Å². The van der Waals surface area contributed by atoms with Crippen LogP contribution < -0.4 is 10.1 Å². The maximum atomic E-state index is 12.6. The largest absolute Gasteiger partial charge is 0.437 e. The number of carbonyl (C=O) groups excluding carboxylic acids is 1. The third kappa shape index (κ3) is 4.14. The highest BCUT2D eigenvalue weighted by molar-refractivity contribution is 7.12. The predicted molar refractivity (Wildman–Crippen MR) is 111 cm³/mol. The summed E-state index contributed by atoms with van der Waals surface area (Å²) in [6, 6.07) is 16.4. The molecule has 1 saturated carbocycles. The molecular weight excluding hydrogens is 386 g/mol. The van der Waals surface area contributed by atoms with Crippen LogP contribution in [-0.4, -0.2) is 16.0 Å². The predicted octanol–water partition coefficient (Wildman–Crippen LogP) is 4.35. The van der Waals surface area contributed by atoms with Gasteiger partial charge >= 0.3 is 0 Å². The SMILES string of the molecule is N#Cc1cccc(Oc2ncsc2C(=O)NCc2ccc(C3(O)CCC3)cc2)c1.[HH]. The zero-order valence-corrected chi connectivity index (χ0v) is 16.4. The van der Waals surface area contributed by atoms with Crippen molar-refractivity contribution >= 4 is 17.2 Å². The highest BCUT2D eigenvalue weighted by Crippen LogP contribution is 2.40. The van der Waals surface area contributed by atoms with Crippen LogP contribution in [0.2, 0.25) is 0 Å². The van der Waals surface area contributed by atoms with E-state index in [0.717, 1.165) is 30.4 Å². The van der Waals surface area contributed by atoms with E-state index in [1.54, 1.807) is 29.8 Å². The first-order valence-corrected chi connectivity index (χ1v) is 10.2. The Morgan fingerprint density at radius 2 is 2.10 bits per heavy atom. The molecule has 2 aromatic carbocycles. The summed E-state index contributed by atoms with van der Waals surface area (Å²) in [6.07, 6.45) is 2.65. The molecule has 0 spiro atoms. The van der Waals surface area contributed by atoms with Gasteiger partial charge in [-0.05, 0) is 48.6 Å². The second-order valence-corrected chi connectivity index (χ2v) is 7.85. The van der Waals surface area contributed by atoms with Crippen molar-refractivity contribution in [3.63, 3.8) is 0 Å². The number of hydrogen-bond acceptors (Lipinski definition) is 6. The van der Waals surface area contributed by atoms with E-state index < -0.39 is 5.60 Å². The molecule has 1 heterocycles. The molecule has 0 saturated heterocycles. The molecular formula is C22H21N3O3S. The van der Waals surface area contributed by atoms with Crippen LogP contribution in [0.15, 0.2) is 54.0 Å². The molecule has 2 N–H and O–H groups in total. The minimum atomic E-state index is -0.681. The van der Waals surface area contributed by atoms with Crippen LogP contribution in [0.5, 0.6) is 11.6 Å². The average Bonchev–Trinajstić information content (AvgIpc) is 3.19. The van der Waals surface area contributed by atoms with Crippen LogP contribution >= 0.6 is 11.3 Å². The fourth-order valence-electron chi connectivity index (χ4n) is 3.20. The van der Waals surface area contributed by atoms with Crippen LogP contribution in [0.3, 0.4) is 0 Å². The number of hydrogen-bond donors (Lipinski definition) is 2. The van der Waals surface area contributed by atoms with E-state index in [1.807, 2.05) is 24.3 Å². The normalized spacial score (nSPS) is 14.5. The molecule has 6 nitrogen and oxygen atoms in total. The lowest BCUT2D eigenvalue weighted by atomic mass is 9.75. The highest BCUT2D eigenvalue weighted by Gasteiger charge is 2.35. The van der Waals surface area contributed by atoms with Crippen LogP contribution in [0.4, 0.5) is 0 Å². The molecule has 4 rings (SSSR count). The van der Waals surface area contributed by atoms with E-state index in [9.17, 15) is 9.90 Å². The van der Waals surface area contributed by atoms with Crippen molar-refractivity contribution in [2.45, 2.75) is 31.4 Å². The average molecular weight is 407 g/mol. The lowest BCUT2D eigenvalue weighted by Crippen LogP contribution is -2.33. The number of nitrogens with one attached hydrogen (secondary N) is 1. The monoisotopic (exact) mass is 407 g/mol. The summed E-state index contributed by atoms with van der Waals surface area (Å²) in [5.74, 6) is 0.388. The first-order valence-electron chi connectivity index (χ1n) is 9.29. The molecule has 7 heteroatoms. The number of nitriles is 1. The Labute approximate surface area is 173 Å². The Morgan fingerprint density at radius 1 is 1.31 bits per heavy atom. The summed E-state index contributed by atoms with van der Waals surface area (Å²) in [4.78, 5) is 17.1. The van der Waals surface area contributed by atoms with Crippen molar-refractivity contribution < 1.29 is 16.1 Å². The summed E-state index contributed by atoms with van der Waals surface area (Å²) in [7, 11) is 0. The zero-order chi connectivity index (χ0) is 20.3. The molecule has 29 heavy (non-hydrogen) atoms. The van der Waals surface area contributed by atoms with E-state index >= 15 is 0 Å². The fraction of sp³-hybridized carbons (Fsp3) is 0.227. The number of rotatable bonds is 6. The molecule has 1 amide bonds. The fourth-order valence-corrected chi connectivity index (χ4v) is 3.82. The molecule has 1 aliphatic carbocycles. The molecule has 0 radical (unpaired) electrons. The third-order valence-electron chi connectivity index (χ3n) is 5.04. The van der Waals surface area contributed by atoms with Gasteiger partial charge < -0.3 is 15.2 Å². The maximum Gasteiger partial charge on any atom is 0.267 e. The lowest BCUT2D eigenvalue weighted by Gasteiger charge is -2.37. The topological polar surface area (TPSA) is 95.2 Å². The maximum absolute atomic E-state index is 12.6. The van der Waals surface area contributed by atoms with Gasteiger partial charge in [0.15, 0.2) is 4.88 Å². The summed E-state index contributed by atoms with van der Waals surface area (Å²) < 4.78 is 5.70. The Morgan fingerprint density at radius 3 is 2.79 bits per heavy atom. The molecule has 0 bridgehead atoms. The van der Waals surface area contributed by atoms with Gasteiger partial charge in [-0.3, -0.25) is 4.79 Å². The van der Waals surface area contributed by atoms with Crippen molar-refractivity contribution in [1.82, 2.24) is 10.3 Å². The number of nitrogens with zero attached hydrogens (tertiary/aromatic N) is 2. The van der Waals surface area contributed by atoms with Gasteiger partial charge in [0.2, 0.25) is 5.88 Å². The van der Waals surface area contributed by atoms with Gasteiger partial charge in [0.1, 0.15) is 5.75 Å². The van der Waals surface area contributed by atoms with Crippen molar-refractivity contribution in [2.75, 3.05) is 0 Å². The third-order valence-corrected chi connectivity index (χ3v) is 5.85. The van der Waals surface area contributed by atoms with Crippen LogP contribution in [0.25, 0.3) is 0 Å². The van der Waals surface area contributed by atoms with Crippen molar-refractivity contribution in [2.24, 2.45) is 0 Å². The summed E-state index contributed by atoms with van der Waals surface area (Å²) >= 11 is 1.19. The first kappa shape index (κ1) is 19.1. The van der Waals surface area contributed by atoms with Crippen molar-refractivity contribution in [1.29, 1.82) is 5.26 Å². The van der Waals surface area contributed by atoms with E-state index in [4.69, 9.17) is 10.00 Å². The molecule has 3 aromatic rings. The smallest absolute Gasteiger partial charge is 0.267 e. The Bertz CT molecular complexity index is 1070. The zero-order valence-electron chi connectivity index (χ0n) is 15.6. The highest BCUT2D eigenvalue weighted by atomic mass is 32.1. The second-order valence-electron chi connectivity index (χ2n) is 6.99. The molecule has 0 atom stereocenters. The number of carbonyl (C=O) groups is 1. The Hall–Kier alpha value is -3.21. The van der Waals surface area contributed by atoms with Crippen LogP contribution in [0.1, 0.15) is 47.1 Å². The van der Waals surface area contributed by atoms with Gasteiger partial charge in [-0.15, -0.1) is 11.3 Å². The summed E-state index contributed by atoms with van der Waals surface area (Å²) in [5, 5.41) is 22.3. The molecule has 1 aromatic heterocycles. The quantitative estimate of drug-likeness (QED) is 0.633. The molecule has 1 aliphatic rings. The van der Waals surface area contributed by atoms with Gasteiger partial charge in [-0.2, -0.15) is 5.26 Å². The number of benzene rings is 2. The first-order chi connectivity index (χ1) is 14.1. The Kier molecular flexibility index (Phi) is 5.30. The lowest BCUT2D eigenvalue weighted by molar-refractivity contribution is -0.0388. The van der Waals surface area contributed by atoms with Gasteiger partial charge in [-0.1, -0.05) is 30.3 Å². The number of amides is 1. The number of aliphatic hydroxyl groups is 1. The molecule has 1 fully saturated rings. The van der Waals surface area contributed by atoms with Crippen LogP contribution in [-0.2, 0) is 12.1 Å². The second kappa shape index (κ2) is 8.03. The number of aromatic nitrogens is 1. The number of ether oxygens (including phenoxy) is 1. The molecule has 148 valence electrons. The van der Waals surface area contributed by atoms with E-state index in [1.165, 1.54) is 11.3 Å². The Balaban J connectivity index is 0.00000256. The standard InChI is InChI=1S/C22H19N3O3S.H2/c23-12-16-3-1-4-18(11-16)28-21-19(29-14-25-21)20(26)24-13-15-5-7-17(8-6-15)22(27)9-2-10-22;/h1,3-8,11,14,27H,2,9-10,13H2,(H,24,26);1H. The van der Waals surface area contributed by atoms with Gasteiger partial charge in [0.25, 0.3) is 5.91 Å². The van der Waals surface area contributed by atoms with Gasteiger partial charge in [0.05, 0.1) is 22.7 Å². The minimum absolute atomic E-state index is 0. The minimum Gasteiger partial charge on any atom is -0.437 e. The molecule has 0 unspecified atom stereocenters. The molecule has 0 aliphatic heterocycles. The van der Waals surface area contributed by atoms with E-state index in [0.29, 0.717) is 22.7 Å².